The molecule has 0 aliphatic rings. The van der Waals surface area contributed by atoms with Gasteiger partial charge in [-0.05, 0) is 25.1 Å². The molecule has 2 rings (SSSR count). The highest BCUT2D eigenvalue weighted by Gasteiger charge is 2.17. The summed E-state index contributed by atoms with van der Waals surface area (Å²) in [7, 11) is 0. The third-order valence-corrected chi connectivity index (χ3v) is 2.83. The molecule has 0 aliphatic heterocycles. The number of hydrogen-bond acceptors (Lipinski definition) is 4. The molecule has 0 saturated carbocycles. The van der Waals surface area contributed by atoms with E-state index in [1.165, 1.54) is 6.20 Å². The van der Waals surface area contributed by atoms with Gasteiger partial charge in [-0.15, -0.1) is 0 Å². The Labute approximate surface area is 112 Å². The van der Waals surface area contributed by atoms with Gasteiger partial charge in [0.15, 0.2) is 0 Å². The van der Waals surface area contributed by atoms with Crippen LogP contribution in [0.2, 0.25) is 0 Å². The van der Waals surface area contributed by atoms with Gasteiger partial charge in [0, 0.05) is 18.9 Å². The third-order valence-electron chi connectivity index (χ3n) is 2.83. The van der Waals surface area contributed by atoms with Gasteiger partial charge in [-0.1, -0.05) is 6.07 Å². The summed E-state index contributed by atoms with van der Waals surface area (Å²) < 4.78 is 0. The summed E-state index contributed by atoms with van der Waals surface area (Å²) in [6, 6.07) is 7.29. The van der Waals surface area contributed by atoms with E-state index in [4.69, 9.17) is 5.73 Å². The van der Waals surface area contributed by atoms with Gasteiger partial charge in [-0.3, -0.25) is 14.8 Å². The third kappa shape index (κ3) is 3.07. The first-order chi connectivity index (χ1) is 9.22. The van der Waals surface area contributed by atoms with Crippen molar-refractivity contribution < 1.29 is 4.79 Å². The van der Waals surface area contributed by atoms with Crippen molar-refractivity contribution in [3.8, 4) is 0 Å². The highest BCUT2D eigenvalue weighted by Crippen LogP contribution is 2.13. The maximum atomic E-state index is 12.4. The summed E-state index contributed by atoms with van der Waals surface area (Å²) in [4.78, 5) is 22.2. The lowest BCUT2D eigenvalue weighted by Crippen LogP contribution is -2.31. The van der Waals surface area contributed by atoms with E-state index in [1.807, 2.05) is 25.1 Å². The van der Waals surface area contributed by atoms with Crippen molar-refractivity contribution in [2.24, 2.45) is 0 Å². The van der Waals surface area contributed by atoms with Crippen molar-refractivity contribution in [3.05, 3.63) is 54.1 Å². The van der Waals surface area contributed by atoms with Gasteiger partial charge >= 0.3 is 0 Å². The Morgan fingerprint density at radius 3 is 2.79 bits per heavy atom. The highest BCUT2D eigenvalue weighted by molar-refractivity contribution is 5.98. The molecule has 98 valence electrons. The summed E-state index contributed by atoms with van der Waals surface area (Å²) in [6.45, 7) is 2.99. The first kappa shape index (κ1) is 13.0. The summed E-state index contributed by atoms with van der Waals surface area (Å²) in [5.74, 6) is -0.104. The average molecular weight is 256 g/mol. The van der Waals surface area contributed by atoms with E-state index in [0.29, 0.717) is 24.3 Å². The molecule has 0 atom stereocenters. The minimum absolute atomic E-state index is 0.104. The topological polar surface area (TPSA) is 72.1 Å². The summed E-state index contributed by atoms with van der Waals surface area (Å²) >= 11 is 0. The fraction of sp³-hybridized carbons (Fsp3) is 0.214. The number of anilines is 1. The van der Waals surface area contributed by atoms with Gasteiger partial charge in [0.2, 0.25) is 0 Å². The molecule has 0 aromatic carbocycles. The van der Waals surface area contributed by atoms with Gasteiger partial charge in [0.1, 0.15) is 0 Å². The summed E-state index contributed by atoms with van der Waals surface area (Å²) in [5.41, 5.74) is 7.51. The monoisotopic (exact) mass is 256 g/mol. The molecule has 0 radical (unpaired) electrons. The van der Waals surface area contributed by atoms with Crippen molar-refractivity contribution >= 4 is 11.6 Å². The second-order valence-corrected chi connectivity index (χ2v) is 4.10. The Morgan fingerprint density at radius 2 is 2.16 bits per heavy atom. The van der Waals surface area contributed by atoms with Crippen LogP contribution in [0, 0.1) is 0 Å². The van der Waals surface area contributed by atoms with Gasteiger partial charge in [-0.25, -0.2) is 0 Å². The van der Waals surface area contributed by atoms with E-state index in [2.05, 4.69) is 9.97 Å². The molecule has 2 N–H and O–H groups in total. The van der Waals surface area contributed by atoms with Crippen LogP contribution >= 0.6 is 0 Å². The number of rotatable bonds is 4. The lowest BCUT2D eigenvalue weighted by Gasteiger charge is -2.21. The largest absolute Gasteiger partial charge is 0.397 e. The molecule has 2 heterocycles. The first-order valence-electron chi connectivity index (χ1n) is 6.11. The minimum Gasteiger partial charge on any atom is -0.397 e. The van der Waals surface area contributed by atoms with Gasteiger partial charge in [0.05, 0.1) is 29.7 Å². The van der Waals surface area contributed by atoms with E-state index in [0.717, 1.165) is 5.69 Å². The van der Waals surface area contributed by atoms with E-state index in [9.17, 15) is 4.79 Å². The lowest BCUT2D eigenvalue weighted by atomic mass is 10.2. The van der Waals surface area contributed by atoms with E-state index in [1.54, 1.807) is 23.4 Å². The zero-order chi connectivity index (χ0) is 13.7. The Hall–Kier alpha value is -2.43. The van der Waals surface area contributed by atoms with Crippen LogP contribution in [0.25, 0.3) is 0 Å². The molecule has 5 nitrogen and oxygen atoms in total. The Bertz CT molecular complexity index is 556. The number of nitrogens with two attached hydrogens (primary N) is 1. The number of nitrogens with zero attached hydrogens (tertiary/aromatic N) is 3. The van der Waals surface area contributed by atoms with Gasteiger partial charge in [-0.2, -0.15) is 0 Å². The van der Waals surface area contributed by atoms with E-state index >= 15 is 0 Å². The van der Waals surface area contributed by atoms with Crippen LogP contribution in [0.1, 0.15) is 23.0 Å². The van der Waals surface area contributed by atoms with Crippen molar-refractivity contribution in [2.75, 3.05) is 12.3 Å². The maximum Gasteiger partial charge on any atom is 0.256 e. The molecule has 2 aromatic heterocycles. The standard InChI is InChI=1S/C14H16N4O/c1-2-18(10-11-5-3-4-7-17-11)14(19)12-6-8-16-9-13(12)15/h3-9H,2,10,15H2,1H3. The normalized spacial score (nSPS) is 10.2. The van der Waals surface area contributed by atoms with Crippen LogP contribution in [-0.2, 0) is 6.54 Å². The fourth-order valence-corrected chi connectivity index (χ4v) is 1.79. The average Bonchev–Trinajstić information content (AvgIpc) is 2.46. The van der Waals surface area contributed by atoms with Gasteiger partial charge < -0.3 is 10.6 Å². The molecule has 0 bridgehead atoms. The molecular weight excluding hydrogens is 240 g/mol. The molecule has 2 aromatic rings. The van der Waals surface area contributed by atoms with Crippen LogP contribution in [-0.4, -0.2) is 27.3 Å². The van der Waals surface area contributed by atoms with Crippen LogP contribution < -0.4 is 5.73 Å². The lowest BCUT2D eigenvalue weighted by molar-refractivity contribution is 0.0751. The maximum absolute atomic E-state index is 12.4. The molecule has 0 fully saturated rings. The summed E-state index contributed by atoms with van der Waals surface area (Å²) in [6.07, 6.45) is 4.77. The smallest absolute Gasteiger partial charge is 0.256 e. The Kier molecular flexibility index (Phi) is 4.07. The Balaban J connectivity index is 2.18. The number of aromatic nitrogens is 2. The van der Waals surface area contributed by atoms with Crippen LogP contribution in [0.15, 0.2) is 42.9 Å². The van der Waals surface area contributed by atoms with Crippen molar-refractivity contribution in [1.29, 1.82) is 0 Å². The number of hydrogen-bond donors (Lipinski definition) is 1. The predicted octanol–water partition coefficient (Wildman–Crippen LogP) is 1.72. The molecule has 0 spiro atoms. The van der Waals surface area contributed by atoms with Crippen molar-refractivity contribution in [3.63, 3.8) is 0 Å². The zero-order valence-electron chi connectivity index (χ0n) is 10.8. The predicted molar refractivity (Wildman–Crippen MR) is 73.3 cm³/mol. The van der Waals surface area contributed by atoms with E-state index < -0.39 is 0 Å². The molecule has 1 amide bonds. The van der Waals surface area contributed by atoms with Gasteiger partial charge in [0.25, 0.3) is 5.91 Å². The second kappa shape index (κ2) is 5.95. The quantitative estimate of drug-likeness (QED) is 0.904. The van der Waals surface area contributed by atoms with Crippen LogP contribution in [0.5, 0.6) is 0 Å². The number of pyridine rings is 2. The molecule has 0 saturated heterocycles. The van der Waals surface area contributed by atoms with Crippen molar-refractivity contribution in [2.45, 2.75) is 13.5 Å². The molecular formula is C14H16N4O. The molecule has 0 unspecified atom stereocenters. The minimum atomic E-state index is -0.104. The number of amides is 1. The van der Waals surface area contributed by atoms with Crippen LogP contribution in [0.3, 0.4) is 0 Å². The summed E-state index contributed by atoms with van der Waals surface area (Å²) in [5, 5.41) is 0. The Morgan fingerprint density at radius 1 is 1.32 bits per heavy atom. The van der Waals surface area contributed by atoms with Crippen molar-refractivity contribution in [1.82, 2.24) is 14.9 Å². The second-order valence-electron chi connectivity index (χ2n) is 4.10. The highest BCUT2D eigenvalue weighted by atomic mass is 16.2. The molecule has 19 heavy (non-hydrogen) atoms. The van der Waals surface area contributed by atoms with E-state index in [-0.39, 0.29) is 5.91 Å². The molecule has 0 aliphatic carbocycles. The number of carbonyl (C=O) groups excluding carboxylic acids is 1. The first-order valence-corrected chi connectivity index (χ1v) is 6.11. The SMILES string of the molecule is CCN(Cc1ccccn1)C(=O)c1ccncc1N. The van der Waals surface area contributed by atoms with Crippen LogP contribution in [0.4, 0.5) is 5.69 Å². The number of carbonyl (C=O) groups is 1. The number of nitrogen functional groups attached to an aromatic ring is 1. The fourth-order valence-electron chi connectivity index (χ4n) is 1.79. The molecule has 5 heteroatoms. The zero-order valence-corrected chi connectivity index (χ0v) is 10.8.